The van der Waals surface area contributed by atoms with E-state index in [0.29, 0.717) is 6.04 Å². The quantitative estimate of drug-likeness (QED) is 0.746. The van der Waals surface area contributed by atoms with Gasteiger partial charge in [-0.25, -0.2) is 0 Å². The van der Waals surface area contributed by atoms with Crippen LogP contribution < -0.4 is 0 Å². The lowest BCUT2D eigenvalue weighted by molar-refractivity contribution is 0.301. The van der Waals surface area contributed by atoms with Crippen molar-refractivity contribution in [3.63, 3.8) is 0 Å². The molecule has 0 spiro atoms. The molecule has 0 aliphatic rings. The Morgan fingerprint density at radius 3 is 2.29 bits per heavy atom. The van der Waals surface area contributed by atoms with Crippen molar-refractivity contribution in [1.82, 2.24) is 4.90 Å². The topological polar surface area (TPSA) is 3.24 Å². The van der Waals surface area contributed by atoms with Crippen LogP contribution in [-0.2, 0) is 0 Å². The minimum atomic E-state index is 0. The van der Waals surface area contributed by atoms with Crippen molar-refractivity contribution in [2.45, 2.75) is 12.5 Å². The molecule has 1 rings (SSSR count). The zero-order chi connectivity index (χ0) is 9.68. The Hall–Kier alpha value is -0.600. The summed E-state index contributed by atoms with van der Waals surface area (Å²) in [5.74, 6) is 0. The van der Waals surface area contributed by atoms with Crippen LogP contribution in [0.3, 0.4) is 0 Å². The highest BCUT2D eigenvalue weighted by Crippen LogP contribution is 2.21. The van der Waals surface area contributed by atoms with Gasteiger partial charge in [-0.2, -0.15) is 0 Å². The Morgan fingerprint density at radius 2 is 1.86 bits per heavy atom. The van der Waals surface area contributed by atoms with Gasteiger partial charge in [0.05, 0.1) is 0 Å². The van der Waals surface area contributed by atoms with Gasteiger partial charge in [0.15, 0.2) is 0 Å². The van der Waals surface area contributed by atoms with Crippen molar-refractivity contribution in [1.29, 1.82) is 0 Å². The minimum absolute atomic E-state index is 0. The van der Waals surface area contributed by atoms with Gasteiger partial charge in [0.2, 0.25) is 0 Å². The lowest BCUT2D eigenvalue weighted by atomic mass is 10.0. The van der Waals surface area contributed by atoms with E-state index in [0.717, 1.165) is 6.42 Å². The molecular formula is C12H18BrN. The fourth-order valence-corrected chi connectivity index (χ4v) is 1.48. The van der Waals surface area contributed by atoms with Crippen molar-refractivity contribution in [2.24, 2.45) is 0 Å². The summed E-state index contributed by atoms with van der Waals surface area (Å²) in [6, 6.07) is 11.0. The molecule has 0 heterocycles. The molecule has 1 aromatic rings. The highest BCUT2D eigenvalue weighted by Gasteiger charge is 2.10. The van der Waals surface area contributed by atoms with E-state index in [9.17, 15) is 0 Å². The van der Waals surface area contributed by atoms with Crippen molar-refractivity contribution in [3.05, 3.63) is 48.6 Å². The molecule has 0 aromatic heterocycles. The Balaban J connectivity index is 0.00000169. The molecule has 1 nitrogen and oxygen atoms in total. The van der Waals surface area contributed by atoms with Crippen LogP contribution in [0.1, 0.15) is 18.0 Å². The molecule has 14 heavy (non-hydrogen) atoms. The van der Waals surface area contributed by atoms with Gasteiger partial charge in [-0.05, 0) is 26.1 Å². The van der Waals surface area contributed by atoms with Gasteiger partial charge < -0.3 is 4.90 Å². The summed E-state index contributed by atoms with van der Waals surface area (Å²) in [6.45, 7) is 3.78. The van der Waals surface area contributed by atoms with Crippen LogP contribution >= 0.6 is 17.0 Å². The van der Waals surface area contributed by atoms with Crippen LogP contribution in [0.25, 0.3) is 0 Å². The number of rotatable bonds is 4. The Labute approximate surface area is 97.2 Å². The van der Waals surface area contributed by atoms with Gasteiger partial charge in [0.25, 0.3) is 0 Å². The van der Waals surface area contributed by atoms with Crippen LogP contribution in [0.15, 0.2) is 43.0 Å². The van der Waals surface area contributed by atoms with Crippen LogP contribution in [0, 0.1) is 0 Å². The van der Waals surface area contributed by atoms with Gasteiger partial charge in [-0.1, -0.05) is 36.4 Å². The molecule has 0 fully saturated rings. The van der Waals surface area contributed by atoms with Gasteiger partial charge in [-0.15, -0.1) is 23.6 Å². The average molecular weight is 256 g/mol. The first-order chi connectivity index (χ1) is 6.25. The second-order valence-electron chi connectivity index (χ2n) is 3.41. The zero-order valence-corrected chi connectivity index (χ0v) is 10.5. The number of benzene rings is 1. The van der Waals surface area contributed by atoms with Crippen LogP contribution in [0.4, 0.5) is 0 Å². The molecule has 0 bridgehead atoms. The predicted molar refractivity (Wildman–Crippen MR) is 68.0 cm³/mol. The van der Waals surface area contributed by atoms with E-state index in [1.807, 2.05) is 12.1 Å². The molecule has 2 heteroatoms. The molecule has 1 unspecified atom stereocenters. The zero-order valence-electron chi connectivity index (χ0n) is 8.81. The minimum Gasteiger partial charge on any atom is -0.302 e. The first-order valence-electron chi connectivity index (χ1n) is 4.58. The SMILES string of the molecule is Br.C=CCC(c1ccccc1)N(C)C. The van der Waals surface area contributed by atoms with E-state index in [-0.39, 0.29) is 17.0 Å². The first kappa shape index (κ1) is 13.4. The third kappa shape index (κ3) is 3.64. The maximum atomic E-state index is 3.78. The fraction of sp³-hybridized carbons (Fsp3) is 0.333. The summed E-state index contributed by atoms with van der Waals surface area (Å²) in [4.78, 5) is 2.22. The molecule has 0 aliphatic carbocycles. The Bertz CT molecular complexity index is 256. The standard InChI is InChI=1S/C12H17N.BrH/c1-4-8-12(13(2)3)11-9-6-5-7-10-11;/h4-7,9-10,12H,1,8H2,2-3H3;1H. The van der Waals surface area contributed by atoms with E-state index < -0.39 is 0 Å². The summed E-state index contributed by atoms with van der Waals surface area (Å²) in [5, 5.41) is 0. The maximum absolute atomic E-state index is 3.78. The molecule has 78 valence electrons. The monoisotopic (exact) mass is 255 g/mol. The summed E-state index contributed by atoms with van der Waals surface area (Å²) in [7, 11) is 4.20. The largest absolute Gasteiger partial charge is 0.302 e. The van der Waals surface area contributed by atoms with Crippen LogP contribution in [0.2, 0.25) is 0 Å². The maximum Gasteiger partial charge on any atom is 0.0376 e. The van der Waals surface area contributed by atoms with E-state index in [4.69, 9.17) is 0 Å². The number of hydrogen-bond acceptors (Lipinski definition) is 1. The summed E-state index contributed by atoms with van der Waals surface area (Å²) in [5.41, 5.74) is 1.35. The fourth-order valence-electron chi connectivity index (χ4n) is 1.48. The lowest BCUT2D eigenvalue weighted by Gasteiger charge is -2.23. The molecule has 0 saturated carbocycles. The van der Waals surface area contributed by atoms with Crippen LogP contribution in [0.5, 0.6) is 0 Å². The predicted octanol–water partition coefficient (Wildman–Crippen LogP) is 3.44. The molecule has 0 saturated heterocycles. The number of halogens is 1. The molecule has 0 N–H and O–H groups in total. The average Bonchev–Trinajstić information content (AvgIpc) is 2.15. The van der Waals surface area contributed by atoms with Crippen molar-refractivity contribution in [2.75, 3.05) is 14.1 Å². The molecule has 1 atom stereocenters. The van der Waals surface area contributed by atoms with E-state index in [1.165, 1.54) is 5.56 Å². The molecule has 0 radical (unpaired) electrons. The van der Waals surface area contributed by atoms with Crippen molar-refractivity contribution in [3.8, 4) is 0 Å². The third-order valence-electron chi connectivity index (χ3n) is 2.20. The lowest BCUT2D eigenvalue weighted by Crippen LogP contribution is -2.19. The first-order valence-corrected chi connectivity index (χ1v) is 4.58. The molecule has 0 aliphatic heterocycles. The van der Waals surface area contributed by atoms with Gasteiger partial charge in [0.1, 0.15) is 0 Å². The smallest absolute Gasteiger partial charge is 0.0376 e. The molecule has 1 aromatic carbocycles. The Morgan fingerprint density at radius 1 is 1.29 bits per heavy atom. The van der Waals surface area contributed by atoms with Crippen LogP contribution in [-0.4, -0.2) is 19.0 Å². The Kier molecular flexibility index (Phi) is 6.50. The number of nitrogens with zero attached hydrogens (tertiary/aromatic N) is 1. The highest BCUT2D eigenvalue weighted by molar-refractivity contribution is 8.93. The number of hydrogen-bond donors (Lipinski definition) is 0. The second kappa shape index (κ2) is 6.80. The van der Waals surface area contributed by atoms with Crippen molar-refractivity contribution >= 4 is 17.0 Å². The third-order valence-corrected chi connectivity index (χ3v) is 2.20. The summed E-state index contributed by atoms with van der Waals surface area (Å²) < 4.78 is 0. The van der Waals surface area contributed by atoms with E-state index in [1.54, 1.807) is 0 Å². The van der Waals surface area contributed by atoms with Crippen molar-refractivity contribution < 1.29 is 0 Å². The second-order valence-corrected chi connectivity index (χ2v) is 3.41. The van der Waals surface area contributed by atoms with Gasteiger partial charge >= 0.3 is 0 Å². The highest BCUT2D eigenvalue weighted by atomic mass is 79.9. The van der Waals surface area contributed by atoms with E-state index >= 15 is 0 Å². The van der Waals surface area contributed by atoms with E-state index in [2.05, 4.69) is 49.8 Å². The normalized spacial score (nSPS) is 11.9. The molecule has 0 amide bonds. The molecular weight excluding hydrogens is 238 g/mol. The summed E-state index contributed by atoms with van der Waals surface area (Å²) in [6.07, 6.45) is 2.97. The van der Waals surface area contributed by atoms with Gasteiger partial charge in [-0.3, -0.25) is 0 Å². The van der Waals surface area contributed by atoms with Gasteiger partial charge in [0, 0.05) is 6.04 Å². The summed E-state index contributed by atoms with van der Waals surface area (Å²) >= 11 is 0.